The van der Waals surface area contributed by atoms with Crippen LogP contribution in [0.1, 0.15) is 5.56 Å². The Balaban J connectivity index is 2.69. The Morgan fingerprint density at radius 2 is 1.93 bits per heavy atom. The van der Waals surface area contributed by atoms with Gasteiger partial charge < -0.3 is 9.79 Å². The van der Waals surface area contributed by atoms with Crippen molar-refractivity contribution in [2.45, 2.75) is 6.16 Å². The van der Waals surface area contributed by atoms with Gasteiger partial charge in [-0.25, -0.2) is 4.86 Å². The molecule has 2 atom stereocenters. The van der Waals surface area contributed by atoms with Crippen molar-refractivity contribution in [2.24, 2.45) is 0 Å². The van der Waals surface area contributed by atoms with E-state index in [9.17, 15) is 4.89 Å². The number of rotatable bonds is 4. The molecular formula is C7H11NO2P2S2. The molecule has 0 heterocycles. The van der Waals surface area contributed by atoms with E-state index in [1.165, 1.54) is 0 Å². The lowest BCUT2D eigenvalue weighted by atomic mass is 10.2. The molecule has 0 amide bonds. The van der Waals surface area contributed by atoms with Crippen molar-refractivity contribution in [3.8, 4) is 0 Å². The van der Waals surface area contributed by atoms with E-state index in [0.29, 0.717) is 6.16 Å². The van der Waals surface area contributed by atoms with Crippen LogP contribution in [-0.2, 0) is 29.8 Å². The Hall–Kier alpha value is 0.400. The highest BCUT2D eigenvalue weighted by atomic mass is 32.5. The van der Waals surface area contributed by atoms with E-state index < -0.39 is 13.5 Å². The van der Waals surface area contributed by atoms with Crippen LogP contribution >= 0.6 is 13.5 Å². The van der Waals surface area contributed by atoms with Crippen LogP contribution < -0.4 is 4.86 Å². The first kappa shape index (κ1) is 12.5. The van der Waals surface area contributed by atoms with Crippen molar-refractivity contribution < 1.29 is 9.79 Å². The largest absolute Gasteiger partial charge is 0.356 e. The van der Waals surface area contributed by atoms with E-state index in [-0.39, 0.29) is 0 Å². The number of nitrogens with one attached hydrogen (secondary N) is 1. The molecule has 0 aliphatic rings. The molecule has 78 valence electrons. The first-order chi connectivity index (χ1) is 6.49. The molecule has 1 aromatic carbocycles. The van der Waals surface area contributed by atoms with Gasteiger partial charge in [-0.2, -0.15) is 0 Å². The fraction of sp³-hybridized carbons (Fsp3) is 0.143. The summed E-state index contributed by atoms with van der Waals surface area (Å²) in [5, 5.41) is 0. The molecule has 0 bridgehead atoms. The number of hydrogen-bond acceptors (Lipinski definition) is 2. The van der Waals surface area contributed by atoms with Crippen molar-refractivity contribution in [1.29, 1.82) is 0 Å². The molecule has 0 aliphatic heterocycles. The quantitative estimate of drug-likeness (QED) is 0.723. The lowest BCUT2D eigenvalue weighted by Gasteiger charge is -2.15. The van der Waals surface area contributed by atoms with Crippen LogP contribution in [0.15, 0.2) is 30.3 Å². The van der Waals surface area contributed by atoms with E-state index >= 15 is 0 Å². The molecule has 3 N–H and O–H groups in total. The monoisotopic (exact) mass is 267 g/mol. The third kappa shape index (κ3) is 4.76. The predicted molar refractivity (Wildman–Crippen MR) is 67.7 cm³/mol. The van der Waals surface area contributed by atoms with Crippen LogP contribution in [0.4, 0.5) is 0 Å². The molecule has 0 aliphatic carbocycles. The van der Waals surface area contributed by atoms with Gasteiger partial charge in [-0.3, -0.25) is 0 Å². The normalized spacial score (nSPS) is 17.3. The van der Waals surface area contributed by atoms with E-state index in [0.717, 1.165) is 5.56 Å². The van der Waals surface area contributed by atoms with Crippen molar-refractivity contribution >= 4 is 37.1 Å². The summed E-state index contributed by atoms with van der Waals surface area (Å²) in [6.45, 7) is 0. The van der Waals surface area contributed by atoms with Crippen LogP contribution in [0, 0.1) is 0 Å². The van der Waals surface area contributed by atoms with Gasteiger partial charge in [0.2, 0.25) is 0 Å². The van der Waals surface area contributed by atoms with Gasteiger partial charge in [0.15, 0.2) is 0 Å². The third-order valence-electron chi connectivity index (χ3n) is 1.51. The van der Waals surface area contributed by atoms with Gasteiger partial charge in [0.1, 0.15) is 13.5 Å². The average Bonchev–Trinajstić information content (AvgIpc) is 2.02. The Labute approximate surface area is 93.9 Å². The second kappa shape index (κ2) is 5.47. The lowest BCUT2D eigenvalue weighted by molar-refractivity contribution is 0.605. The minimum Gasteiger partial charge on any atom is -0.356 e. The summed E-state index contributed by atoms with van der Waals surface area (Å²) in [6, 6.07) is 9.41. The first-order valence-corrected chi connectivity index (χ1v) is 9.38. The van der Waals surface area contributed by atoms with Gasteiger partial charge in [-0.1, -0.05) is 42.1 Å². The predicted octanol–water partition coefficient (Wildman–Crippen LogP) is 1.58. The molecule has 0 spiro atoms. The minimum absolute atomic E-state index is 0.356. The Morgan fingerprint density at radius 1 is 1.36 bits per heavy atom. The van der Waals surface area contributed by atoms with Crippen molar-refractivity contribution in [3.05, 3.63) is 35.9 Å². The van der Waals surface area contributed by atoms with Crippen molar-refractivity contribution in [3.63, 3.8) is 0 Å². The molecule has 0 aromatic heterocycles. The standard InChI is InChI=1S/C7H11NO2P2S2/c9-11(13)8-12(10,14)6-7-4-2-1-3-5-7/h1-5,11H,6H2,(H3,8,9,10,13,14). The summed E-state index contributed by atoms with van der Waals surface area (Å²) in [6.07, 6.45) is -2.34. The van der Waals surface area contributed by atoms with E-state index in [4.69, 9.17) is 16.7 Å². The van der Waals surface area contributed by atoms with Gasteiger partial charge in [-0.05, 0) is 17.4 Å². The minimum atomic E-state index is -2.70. The number of benzene rings is 1. The third-order valence-corrected chi connectivity index (χ3v) is 6.50. The molecule has 7 heteroatoms. The molecule has 0 fully saturated rings. The fourth-order valence-corrected chi connectivity index (χ4v) is 6.34. The SMILES string of the molecule is O[PH](=S)NP(O)(=S)Cc1ccccc1. The molecule has 3 nitrogen and oxygen atoms in total. The highest BCUT2D eigenvalue weighted by Crippen LogP contribution is 2.44. The molecule has 1 aromatic rings. The number of hydrogen-bond donors (Lipinski definition) is 3. The van der Waals surface area contributed by atoms with E-state index in [1.807, 2.05) is 30.3 Å². The Bertz CT molecular complexity index is 371. The van der Waals surface area contributed by atoms with E-state index in [1.54, 1.807) is 0 Å². The second-order valence-electron chi connectivity index (χ2n) is 2.76. The topological polar surface area (TPSA) is 52.5 Å². The van der Waals surface area contributed by atoms with E-state index in [2.05, 4.69) is 16.7 Å². The van der Waals surface area contributed by atoms with Crippen LogP contribution in [0.2, 0.25) is 0 Å². The molecular weight excluding hydrogens is 256 g/mol. The van der Waals surface area contributed by atoms with Crippen molar-refractivity contribution in [1.82, 2.24) is 4.86 Å². The Kier molecular flexibility index (Phi) is 4.88. The highest BCUT2D eigenvalue weighted by Gasteiger charge is 2.13. The van der Waals surface area contributed by atoms with Gasteiger partial charge >= 0.3 is 0 Å². The lowest BCUT2D eigenvalue weighted by Crippen LogP contribution is -2.01. The Morgan fingerprint density at radius 3 is 2.43 bits per heavy atom. The molecule has 14 heavy (non-hydrogen) atoms. The fourth-order valence-electron chi connectivity index (χ4n) is 1.02. The van der Waals surface area contributed by atoms with Crippen LogP contribution in [0.3, 0.4) is 0 Å². The second-order valence-corrected chi connectivity index (χ2v) is 8.96. The molecule has 0 radical (unpaired) electrons. The smallest absolute Gasteiger partial charge is 0.136 e. The molecule has 0 saturated carbocycles. The molecule has 0 saturated heterocycles. The van der Waals surface area contributed by atoms with Crippen LogP contribution in [0.5, 0.6) is 0 Å². The summed E-state index contributed by atoms with van der Waals surface area (Å²) >= 11 is 9.55. The van der Waals surface area contributed by atoms with Crippen molar-refractivity contribution in [2.75, 3.05) is 0 Å². The summed E-state index contributed by atoms with van der Waals surface area (Å²) in [7, 11) is -2.08. The maximum atomic E-state index is 9.75. The zero-order valence-corrected chi connectivity index (χ0v) is 10.8. The zero-order valence-electron chi connectivity index (χ0n) is 7.25. The average molecular weight is 267 g/mol. The van der Waals surface area contributed by atoms with Gasteiger partial charge in [0.05, 0.1) is 0 Å². The van der Waals surface area contributed by atoms with Gasteiger partial charge in [0.25, 0.3) is 0 Å². The van der Waals surface area contributed by atoms with Crippen LogP contribution in [0.25, 0.3) is 0 Å². The maximum Gasteiger partial charge on any atom is 0.136 e. The summed E-state index contributed by atoms with van der Waals surface area (Å²) in [5.41, 5.74) is 0.948. The molecule has 2 unspecified atom stereocenters. The highest BCUT2D eigenvalue weighted by molar-refractivity contribution is 8.15. The summed E-state index contributed by atoms with van der Waals surface area (Å²) in [4.78, 5) is 21.2. The maximum absolute atomic E-state index is 9.75. The molecule has 1 rings (SSSR count). The summed E-state index contributed by atoms with van der Waals surface area (Å²) in [5.74, 6) is 0. The van der Waals surface area contributed by atoms with Gasteiger partial charge in [-0.15, -0.1) is 0 Å². The zero-order chi connectivity index (χ0) is 10.6. The van der Waals surface area contributed by atoms with Crippen LogP contribution in [-0.4, -0.2) is 9.79 Å². The summed E-state index contributed by atoms with van der Waals surface area (Å²) < 4.78 is 0. The first-order valence-electron chi connectivity index (χ1n) is 3.86. The van der Waals surface area contributed by atoms with Gasteiger partial charge in [0, 0.05) is 6.16 Å².